The summed E-state index contributed by atoms with van der Waals surface area (Å²) in [7, 11) is 0. The number of fused-ring (bicyclic) bond motifs is 6. The first-order valence-electron chi connectivity index (χ1n) is 20.3. The molecule has 0 unspecified atom stereocenters. The van der Waals surface area contributed by atoms with Gasteiger partial charge < -0.3 is 4.57 Å². The maximum atomic E-state index is 2.58. The third-order valence-corrected chi connectivity index (χ3v) is 11.9. The third kappa shape index (κ3) is 5.67. The molecule has 57 heavy (non-hydrogen) atoms. The van der Waals surface area contributed by atoms with Gasteiger partial charge in [0.05, 0.1) is 11.2 Å². The maximum Gasteiger partial charge on any atom is 0.0620 e. The molecule has 0 fully saturated rings. The van der Waals surface area contributed by atoms with Gasteiger partial charge in [-0.05, 0) is 100 Å². The monoisotopic (exact) mass is 733 g/mol. The number of rotatable bonds is 4. The van der Waals surface area contributed by atoms with Crippen LogP contribution in [0, 0.1) is 0 Å². The molecule has 0 amide bonds. The van der Waals surface area contributed by atoms with Crippen LogP contribution in [0.2, 0.25) is 0 Å². The van der Waals surface area contributed by atoms with Crippen LogP contribution in [0.3, 0.4) is 0 Å². The Morgan fingerprint density at radius 1 is 0.351 bits per heavy atom. The van der Waals surface area contributed by atoms with Gasteiger partial charge in [-0.25, -0.2) is 0 Å². The highest BCUT2D eigenvalue weighted by Crippen LogP contribution is 2.49. The summed E-state index contributed by atoms with van der Waals surface area (Å²) in [4.78, 5) is 0. The van der Waals surface area contributed by atoms with Crippen molar-refractivity contribution in [3.05, 3.63) is 187 Å². The largest absolute Gasteiger partial charge is 0.308 e. The predicted molar refractivity (Wildman–Crippen MR) is 247 cm³/mol. The topological polar surface area (TPSA) is 4.93 Å². The van der Waals surface area contributed by atoms with E-state index in [1.54, 1.807) is 0 Å². The SMILES string of the molecule is CC(C)(C)c1c2ccccc2c(C(C)(C)C)c2cc(-n3c(-c4ccccc4)c(-c4ccccc4)c4ccc5c(-c6ccc7ccccc7c6)cccc5c43)ccc12. The molecule has 1 nitrogen and oxygen atoms in total. The number of aromatic nitrogens is 1. The van der Waals surface area contributed by atoms with Crippen LogP contribution in [0.4, 0.5) is 0 Å². The van der Waals surface area contributed by atoms with Gasteiger partial charge >= 0.3 is 0 Å². The summed E-state index contributed by atoms with van der Waals surface area (Å²) in [6.07, 6.45) is 0. The average Bonchev–Trinajstić information content (AvgIpc) is 3.57. The van der Waals surface area contributed by atoms with Crippen LogP contribution in [0.5, 0.6) is 0 Å². The van der Waals surface area contributed by atoms with E-state index in [4.69, 9.17) is 0 Å². The van der Waals surface area contributed by atoms with Crippen molar-refractivity contribution >= 4 is 54.0 Å². The van der Waals surface area contributed by atoms with E-state index in [0.29, 0.717) is 0 Å². The van der Waals surface area contributed by atoms with E-state index < -0.39 is 0 Å². The number of hydrogen-bond donors (Lipinski definition) is 0. The summed E-state index contributed by atoms with van der Waals surface area (Å²) >= 11 is 0. The molecule has 0 spiro atoms. The standard InChI is InChI=1S/C56H47N/c1-55(2,3)51-44-24-15-16-25-45(44)52(56(4,5)6)49-35-41(30-31-46(49)51)57-53(38-21-11-8-12-22-38)50(37-19-9-7-10-20-37)48-33-32-43-42(26-17-27-47(43)54(48)57)40-29-28-36-18-13-14-23-39(36)34-40/h7-35H,1-6H3. The van der Waals surface area contributed by atoms with E-state index in [9.17, 15) is 0 Å². The zero-order chi connectivity index (χ0) is 39.1. The van der Waals surface area contributed by atoms with Gasteiger partial charge in [0.2, 0.25) is 0 Å². The number of benzene rings is 9. The van der Waals surface area contributed by atoms with Gasteiger partial charge in [-0.1, -0.05) is 199 Å². The second kappa shape index (κ2) is 13.1. The summed E-state index contributed by atoms with van der Waals surface area (Å²) < 4.78 is 2.58. The van der Waals surface area contributed by atoms with E-state index in [1.165, 1.54) is 98.6 Å². The fraction of sp³-hybridized carbons (Fsp3) is 0.143. The summed E-state index contributed by atoms with van der Waals surface area (Å²) in [6.45, 7) is 14.2. The molecule has 0 saturated heterocycles. The molecule has 0 bridgehead atoms. The highest BCUT2D eigenvalue weighted by atomic mass is 15.0. The minimum absolute atomic E-state index is 0.0546. The molecule has 10 rings (SSSR count). The van der Waals surface area contributed by atoms with Crippen molar-refractivity contribution in [3.8, 4) is 39.2 Å². The Labute approximate surface area is 335 Å². The van der Waals surface area contributed by atoms with Crippen LogP contribution in [0.25, 0.3) is 93.2 Å². The first-order valence-corrected chi connectivity index (χ1v) is 20.3. The Hall–Kier alpha value is -6.44. The highest BCUT2D eigenvalue weighted by Gasteiger charge is 2.29. The van der Waals surface area contributed by atoms with Gasteiger partial charge in [-0.15, -0.1) is 0 Å². The van der Waals surface area contributed by atoms with Crippen LogP contribution in [0.15, 0.2) is 176 Å². The lowest BCUT2D eigenvalue weighted by Crippen LogP contribution is -2.17. The van der Waals surface area contributed by atoms with E-state index in [1.807, 2.05) is 0 Å². The minimum atomic E-state index is -0.0927. The summed E-state index contributed by atoms with van der Waals surface area (Å²) in [6, 6.07) is 65.5. The van der Waals surface area contributed by atoms with Gasteiger partial charge in [0.1, 0.15) is 0 Å². The van der Waals surface area contributed by atoms with Crippen LogP contribution >= 0.6 is 0 Å². The molecule has 1 aromatic heterocycles. The van der Waals surface area contributed by atoms with Crippen molar-refractivity contribution in [2.24, 2.45) is 0 Å². The van der Waals surface area contributed by atoms with Crippen molar-refractivity contribution in [3.63, 3.8) is 0 Å². The minimum Gasteiger partial charge on any atom is -0.308 e. The van der Waals surface area contributed by atoms with Gasteiger partial charge in [0.15, 0.2) is 0 Å². The van der Waals surface area contributed by atoms with Crippen molar-refractivity contribution in [1.82, 2.24) is 4.57 Å². The molecule has 0 atom stereocenters. The van der Waals surface area contributed by atoms with Crippen molar-refractivity contribution in [1.29, 1.82) is 0 Å². The molecule has 9 aromatic carbocycles. The molecule has 0 N–H and O–H groups in total. The Balaban J connectivity index is 1.38. The fourth-order valence-electron chi connectivity index (χ4n) is 9.69. The average molecular weight is 734 g/mol. The van der Waals surface area contributed by atoms with Gasteiger partial charge in [0.25, 0.3) is 0 Å². The molecule has 0 aliphatic carbocycles. The molecule has 0 radical (unpaired) electrons. The van der Waals surface area contributed by atoms with E-state index in [0.717, 1.165) is 5.69 Å². The Kier molecular flexibility index (Phi) is 8.03. The van der Waals surface area contributed by atoms with E-state index in [2.05, 4.69) is 222 Å². The van der Waals surface area contributed by atoms with Gasteiger partial charge in [0, 0.05) is 22.0 Å². The summed E-state index contributed by atoms with van der Waals surface area (Å²) in [5, 5.41) is 11.6. The molecular formula is C56H47N. The maximum absolute atomic E-state index is 2.58. The summed E-state index contributed by atoms with van der Waals surface area (Å²) in [5.41, 5.74) is 12.4. The first-order chi connectivity index (χ1) is 27.6. The van der Waals surface area contributed by atoms with E-state index >= 15 is 0 Å². The second-order valence-electron chi connectivity index (χ2n) is 17.7. The fourth-order valence-corrected chi connectivity index (χ4v) is 9.69. The highest BCUT2D eigenvalue weighted by molar-refractivity contribution is 6.19. The third-order valence-electron chi connectivity index (χ3n) is 11.9. The molecule has 0 saturated carbocycles. The quantitative estimate of drug-likeness (QED) is 0.159. The van der Waals surface area contributed by atoms with Gasteiger partial charge in [-0.2, -0.15) is 0 Å². The summed E-state index contributed by atoms with van der Waals surface area (Å²) in [5.74, 6) is 0. The van der Waals surface area contributed by atoms with Crippen molar-refractivity contribution < 1.29 is 0 Å². The van der Waals surface area contributed by atoms with Crippen LogP contribution < -0.4 is 0 Å². The molecule has 1 heteroatoms. The number of nitrogens with zero attached hydrogens (tertiary/aromatic N) is 1. The van der Waals surface area contributed by atoms with E-state index in [-0.39, 0.29) is 10.8 Å². The molecule has 276 valence electrons. The normalized spacial score (nSPS) is 12.4. The molecule has 1 heterocycles. The van der Waals surface area contributed by atoms with Crippen LogP contribution in [-0.4, -0.2) is 4.57 Å². The van der Waals surface area contributed by atoms with Crippen LogP contribution in [0.1, 0.15) is 52.7 Å². The lowest BCUT2D eigenvalue weighted by molar-refractivity contribution is 0.593. The lowest BCUT2D eigenvalue weighted by Gasteiger charge is -2.30. The van der Waals surface area contributed by atoms with Crippen molar-refractivity contribution in [2.45, 2.75) is 52.4 Å². The van der Waals surface area contributed by atoms with Crippen LogP contribution in [-0.2, 0) is 10.8 Å². The Morgan fingerprint density at radius 3 is 1.58 bits per heavy atom. The Bertz CT molecular complexity index is 3170. The van der Waals surface area contributed by atoms with Crippen molar-refractivity contribution in [2.75, 3.05) is 0 Å². The second-order valence-corrected chi connectivity index (χ2v) is 17.7. The van der Waals surface area contributed by atoms with Gasteiger partial charge in [-0.3, -0.25) is 0 Å². The lowest BCUT2D eigenvalue weighted by atomic mass is 9.74. The first kappa shape index (κ1) is 35.0. The zero-order valence-corrected chi connectivity index (χ0v) is 33.7. The predicted octanol–water partition coefficient (Wildman–Crippen LogP) is 15.8. The zero-order valence-electron chi connectivity index (χ0n) is 33.7. The molecule has 0 aliphatic rings. The molecule has 0 aliphatic heterocycles. The Morgan fingerprint density at radius 2 is 0.895 bits per heavy atom. The smallest absolute Gasteiger partial charge is 0.0620 e. The molecular weight excluding hydrogens is 687 g/mol. The molecule has 10 aromatic rings. The number of hydrogen-bond acceptors (Lipinski definition) is 0.